The van der Waals surface area contributed by atoms with Crippen molar-refractivity contribution in [3.8, 4) is 11.5 Å². The lowest BCUT2D eigenvalue weighted by Crippen LogP contribution is -2.47. The van der Waals surface area contributed by atoms with Gasteiger partial charge in [0, 0.05) is 25.2 Å². The molecule has 37 heavy (non-hydrogen) atoms. The van der Waals surface area contributed by atoms with Crippen LogP contribution in [0.2, 0.25) is 0 Å². The molecular weight excluding hydrogens is 494 g/mol. The van der Waals surface area contributed by atoms with Gasteiger partial charge in [0.2, 0.25) is 5.91 Å². The molecule has 0 spiro atoms. The van der Waals surface area contributed by atoms with Gasteiger partial charge in [-0.2, -0.15) is 11.8 Å². The molecule has 10 heteroatoms. The number of fused-ring (bicyclic) bond motifs is 1. The van der Waals surface area contributed by atoms with Crippen LogP contribution in [0.1, 0.15) is 41.0 Å². The summed E-state index contributed by atoms with van der Waals surface area (Å²) in [7, 11) is 0. The first-order valence-corrected chi connectivity index (χ1v) is 13.9. The number of rotatable bonds is 11. The van der Waals surface area contributed by atoms with Gasteiger partial charge in [-0.15, -0.1) is 0 Å². The third kappa shape index (κ3) is 5.70. The summed E-state index contributed by atoms with van der Waals surface area (Å²) >= 11 is 1.55. The van der Waals surface area contributed by atoms with E-state index in [1.54, 1.807) is 42.1 Å². The number of hydrogen-bond acceptors (Lipinski definition) is 8. The molecule has 1 unspecified atom stereocenters. The molecule has 2 aromatic carbocycles. The van der Waals surface area contributed by atoms with Gasteiger partial charge in [-0.05, 0) is 44.4 Å². The summed E-state index contributed by atoms with van der Waals surface area (Å²) in [4.78, 5) is 43.2. The highest BCUT2D eigenvalue weighted by Crippen LogP contribution is 2.40. The van der Waals surface area contributed by atoms with Crippen molar-refractivity contribution < 1.29 is 28.6 Å². The zero-order valence-corrected chi connectivity index (χ0v) is 22.3. The minimum absolute atomic E-state index is 0.318. The zero-order chi connectivity index (χ0) is 26.4. The summed E-state index contributed by atoms with van der Waals surface area (Å²) in [6, 6.07) is 9.31. The summed E-state index contributed by atoms with van der Waals surface area (Å²) in [6.45, 7) is 7.28. The molecule has 4 rings (SSSR count). The lowest BCUT2D eigenvalue weighted by atomic mass is 10.1. The lowest BCUT2D eigenvalue weighted by Gasteiger charge is -2.31. The van der Waals surface area contributed by atoms with Crippen molar-refractivity contribution >= 4 is 40.9 Å². The molecule has 0 radical (unpaired) electrons. The first-order valence-electron chi connectivity index (χ1n) is 12.5. The van der Waals surface area contributed by atoms with E-state index in [2.05, 4.69) is 10.2 Å². The second kappa shape index (κ2) is 12.3. The number of amides is 3. The maximum atomic E-state index is 13.7. The molecule has 1 fully saturated rings. The first kappa shape index (κ1) is 26.8. The second-order valence-corrected chi connectivity index (χ2v) is 9.58. The Morgan fingerprint density at radius 1 is 1.03 bits per heavy atom. The number of imide groups is 1. The van der Waals surface area contributed by atoms with Crippen molar-refractivity contribution in [3.63, 3.8) is 0 Å². The molecule has 0 saturated carbocycles. The normalized spacial score (nSPS) is 16.0. The maximum Gasteiger partial charge on any atom is 0.262 e. The SMILES string of the molecule is CCOc1cc(N2CCOCC2)c(OCC)cc1NC(=O)C(CCSC)N1C(=O)c2ccccc2C1=O. The number of carbonyl (C=O) groups excluding carboxylic acids is 3. The number of ether oxygens (including phenoxy) is 3. The topological polar surface area (TPSA) is 97.4 Å². The fraction of sp³-hybridized carbons (Fsp3) is 0.444. The van der Waals surface area contributed by atoms with Crippen molar-refractivity contribution in [1.82, 2.24) is 4.90 Å². The average Bonchev–Trinajstić information content (AvgIpc) is 3.16. The largest absolute Gasteiger partial charge is 0.492 e. The van der Waals surface area contributed by atoms with Gasteiger partial charge < -0.3 is 24.4 Å². The van der Waals surface area contributed by atoms with Crippen LogP contribution in [0.15, 0.2) is 36.4 Å². The molecule has 1 saturated heterocycles. The van der Waals surface area contributed by atoms with Crippen molar-refractivity contribution in [2.75, 3.05) is 61.7 Å². The van der Waals surface area contributed by atoms with Crippen LogP contribution in [-0.2, 0) is 9.53 Å². The number of carbonyl (C=O) groups is 3. The van der Waals surface area contributed by atoms with Crippen LogP contribution in [0.25, 0.3) is 0 Å². The molecule has 2 aromatic rings. The molecular formula is C27H33N3O6S. The van der Waals surface area contributed by atoms with E-state index in [1.165, 1.54) is 0 Å². The van der Waals surface area contributed by atoms with E-state index in [1.807, 2.05) is 26.2 Å². The third-order valence-electron chi connectivity index (χ3n) is 6.31. The monoisotopic (exact) mass is 527 g/mol. The Hall–Kier alpha value is -3.24. The highest BCUT2D eigenvalue weighted by atomic mass is 32.2. The Labute approximate surface area is 221 Å². The Kier molecular flexibility index (Phi) is 8.94. The zero-order valence-electron chi connectivity index (χ0n) is 21.5. The van der Waals surface area contributed by atoms with Gasteiger partial charge in [-0.25, -0.2) is 0 Å². The van der Waals surface area contributed by atoms with Crippen LogP contribution < -0.4 is 19.7 Å². The Bertz CT molecular complexity index is 1120. The van der Waals surface area contributed by atoms with Crippen LogP contribution in [0.3, 0.4) is 0 Å². The van der Waals surface area contributed by atoms with Gasteiger partial charge in [0.25, 0.3) is 11.8 Å². The van der Waals surface area contributed by atoms with E-state index in [-0.39, 0.29) is 0 Å². The lowest BCUT2D eigenvalue weighted by molar-refractivity contribution is -0.120. The average molecular weight is 528 g/mol. The molecule has 198 valence electrons. The number of benzene rings is 2. The summed E-state index contributed by atoms with van der Waals surface area (Å²) in [5, 5.41) is 2.94. The van der Waals surface area contributed by atoms with Gasteiger partial charge in [-0.3, -0.25) is 19.3 Å². The molecule has 0 aliphatic carbocycles. The van der Waals surface area contributed by atoms with Crippen molar-refractivity contribution in [2.24, 2.45) is 0 Å². The van der Waals surface area contributed by atoms with Crippen LogP contribution in [0.5, 0.6) is 11.5 Å². The van der Waals surface area contributed by atoms with Crippen molar-refractivity contribution in [3.05, 3.63) is 47.5 Å². The number of nitrogens with zero attached hydrogens (tertiary/aromatic N) is 2. The predicted octanol–water partition coefficient (Wildman–Crippen LogP) is 3.68. The van der Waals surface area contributed by atoms with Gasteiger partial charge in [0.1, 0.15) is 17.5 Å². The summed E-state index contributed by atoms with van der Waals surface area (Å²) in [5.74, 6) is 0.348. The number of thioether (sulfide) groups is 1. The number of anilines is 2. The predicted molar refractivity (Wildman–Crippen MR) is 144 cm³/mol. The minimum Gasteiger partial charge on any atom is -0.492 e. The van der Waals surface area contributed by atoms with Gasteiger partial charge in [0.15, 0.2) is 0 Å². The third-order valence-corrected chi connectivity index (χ3v) is 6.95. The molecule has 2 aliphatic heterocycles. The molecule has 0 bridgehead atoms. The van der Waals surface area contributed by atoms with E-state index in [0.29, 0.717) is 80.0 Å². The Morgan fingerprint density at radius 2 is 1.65 bits per heavy atom. The summed E-state index contributed by atoms with van der Waals surface area (Å²) in [5.41, 5.74) is 1.93. The highest BCUT2D eigenvalue weighted by Gasteiger charge is 2.42. The molecule has 0 aromatic heterocycles. The van der Waals surface area contributed by atoms with Crippen molar-refractivity contribution in [2.45, 2.75) is 26.3 Å². The van der Waals surface area contributed by atoms with Crippen LogP contribution >= 0.6 is 11.8 Å². The number of hydrogen-bond donors (Lipinski definition) is 1. The quantitative estimate of drug-likeness (QED) is 0.442. The van der Waals surface area contributed by atoms with E-state index in [0.717, 1.165) is 10.6 Å². The van der Waals surface area contributed by atoms with Gasteiger partial charge in [0.05, 0.1) is 48.9 Å². The molecule has 2 heterocycles. The first-order chi connectivity index (χ1) is 18.0. The Balaban J connectivity index is 1.66. The van der Waals surface area contributed by atoms with Gasteiger partial charge >= 0.3 is 0 Å². The van der Waals surface area contributed by atoms with Gasteiger partial charge in [-0.1, -0.05) is 12.1 Å². The fourth-order valence-electron chi connectivity index (χ4n) is 4.56. The van der Waals surface area contributed by atoms with Crippen LogP contribution in [0, 0.1) is 0 Å². The van der Waals surface area contributed by atoms with Crippen molar-refractivity contribution in [1.29, 1.82) is 0 Å². The molecule has 1 N–H and O–H groups in total. The van der Waals surface area contributed by atoms with E-state index in [4.69, 9.17) is 14.2 Å². The molecule has 2 aliphatic rings. The standard InChI is InChI=1S/C27H33N3O6S/c1-4-35-23-17-22(29-11-13-34-14-12-29)24(36-5-2)16-20(23)28-25(31)21(10-15-37-3)30-26(32)18-8-6-7-9-19(18)27(30)33/h6-9,16-17,21H,4-5,10-15H2,1-3H3,(H,28,31). The number of morpholine rings is 1. The minimum atomic E-state index is -0.969. The van der Waals surface area contributed by atoms with Crippen LogP contribution in [0.4, 0.5) is 11.4 Å². The van der Waals surface area contributed by atoms with E-state index >= 15 is 0 Å². The fourth-order valence-corrected chi connectivity index (χ4v) is 5.02. The molecule has 9 nitrogen and oxygen atoms in total. The maximum absolute atomic E-state index is 13.7. The van der Waals surface area contributed by atoms with Crippen LogP contribution in [-0.4, -0.2) is 80.2 Å². The summed E-state index contributed by atoms with van der Waals surface area (Å²) < 4.78 is 17.3. The van der Waals surface area contributed by atoms with E-state index < -0.39 is 23.8 Å². The number of nitrogens with one attached hydrogen (secondary N) is 1. The molecule has 3 amide bonds. The summed E-state index contributed by atoms with van der Waals surface area (Å²) in [6.07, 6.45) is 2.25. The van der Waals surface area contributed by atoms with E-state index in [9.17, 15) is 14.4 Å². The highest BCUT2D eigenvalue weighted by molar-refractivity contribution is 7.98. The molecule has 1 atom stereocenters. The Morgan fingerprint density at radius 3 is 2.24 bits per heavy atom. The second-order valence-electron chi connectivity index (χ2n) is 8.59. The smallest absolute Gasteiger partial charge is 0.262 e.